The first-order valence-electron chi connectivity index (χ1n) is 22.7. The van der Waals surface area contributed by atoms with Crippen molar-refractivity contribution in [2.24, 2.45) is 0 Å². The zero-order valence-electron chi connectivity index (χ0n) is 36.1. The van der Waals surface area contributed by atoms with Crippen LogP contribution in [0.2, 0.25) is 0 Å². The SMILES string of the molecule is N#Cc1ccc2c(c1)c1ccccc1n2-c1cnc2c(c1)C1(c3ccccc3Oc3ccc(N4c5ccccc5Oc5ccccc54)cc31)c1cc(-n3c4ccccc4c4ccccc43)cnc1-2. The summed E-state index contributed by atoms with van der Waals surface area (Å²) in [5, 5.41) is 14.4. The van der Waals surface area contributed by atoms with E-state index >= 15 is 0 Å². The fourth-order valence-corrected chi connectivity index (χ4v) is 11.5. The normalized spacial score (nSPS) is 15.0. The predicted octanol–water partition coefficient (Wildman–Crippen LogP) is 14.6. The average molecular weight is 871 g/mol. The lowest BCUT2D eigenvalue weighted by Crippen LogP contribution is -2.33. The molecule has 12 aromatic rings. The van der Waals surface area contributed by atoms with Crippen LogP contribution in [0, 0.1) is 11.3 Å². The van der Waals surface area contributed by atoms with Crippen molar-refractivity contribution in [3.05, 3.63) is 234 Å². The third kappa shape index (κ3) is 4.81. The van der Waals surface area contributed by atoms with E-state index in [9.17, 15) is 5.26 Å². The molecule has 1 aliphatic carbocycles. The molecular formula is C60H34N6O2. The molecule has 4 aromatic heterocycles. The maximum atomic E-state index is 9.98. The van der Waals surface area contributed by atoms with Gasteiger partial charge in [0.1, 0.15) is 11.5 Å². The van der Waals surface area contributed by atoms with Crippen molar-refractivity contribution in [1.29, 1.82) is 5.26 Å². The van der Waals surface area contributed by atoms with Gasteiger partial charge in [-0.15, -0.1) is 0 Å². The van der Waals surface area contributed by atoms with Crippen molar-refractivity contribution >= 4 is 60.7 Å². The van der Waals surface area contributed by atoms with Crippen LogP contribution in [0.1, 0.15) is 27.8 Å². The van der Waals surface area contributed by atoms with Crippen LogP contribution in [-0.2, 0) is 5.41 Å². The Kier molecular flexibility index (Phi) is 7.34. The van der Waals surface area contributed by atoms with Crippen molar-refractivity contribution in [1.82, 2.24) is 19.1 Å². The summed E-state index contributed by atoms with van der Waals surface area (Å²) in [5.74, 6) is 3.06. The Morgan fingerprint density at radius 2 is 0.868 bits per heavy atom. The Hall–Kier alpha value is -9.45. The highest BCUT2D eigenvalue weighted by Crippen LogP contribution is 2.63. The van der Waals surface area contributed by atoms with Crippen LogP contribution in [0.5, 0.6) is 23.0 Å². The largest absolute Gasteiger partial charge is 0.457 e. The maximum Gasteiger partial charge on any atom is 0.151 e. The number of para-hydroxylation sites is 8. The number of fused-ring (bicyclic) bond motifs is 17. The molecule has 1 unspecified atom stereocenters. The minimum Gasteiger partial charge on any atom is -0.457 e. The van der Waals surface area contributed by atoms with Gasteiger partial charge in [0.2, 0.25) is 0 Å². The molecule has 1 atom stereocenters. The smallest absolute Gasteiger partial charge is 0.151 e. The molecule has 0 fully saturated rings. The average Bonchev–Trinajstić information content (AvgIpc) is 4.01. The first-order valence-corrected chi connectivity index (χ1v) is 22.7. The number of nitriles is 1. The van der Waals surface area contributed by atoms with Gasteiger partial charge >= 0.3 is 0 Å². The number of aromatic nitrogens is 4. The molecule has 6 heterocycles. The third-order valence-electron chi connectivity index (χ3n) is 14.2. The summed E-state index contributed by atoms with van der Waals surface area (Å²) >= 11 is 0. The zero-order chi connectivity index (χ0) is 44.7. The van der Waals surface area contributed by atoms with Gasteiger partial charge in [0.25, 0.3) is 0 Å². The molecule has 68 heavy (non-hydrogen) atoms. The third-order valence-corrected chi connectivity index (χ3v) is 14.2. The summed E-state index contributed by atoms with van der Waals surface area (Å²) in [6.07, 6.45) is 3.97. The van der Waals surface area contributed by atoms with Crippen LogP contribution in [0.3, 0.4) is 0 Å². The zero-order valence-corrected chi connectivity index (χ0v) is 36.1. The minimum absolute atomic E-state index is 0.615. The molecule has 0 radical (unpaired) electrons. The van der Waals surface area contributed by atoms with E-state index in [4.69, 9.17) is 19.4 Å². The molecule has 0 saturated carbocycles. The molecule has 0 saturated heterocycles. The minimum atomic E-state index is -0.965. The van der Waals surface area contributed by atoms with E-state index < -0.39 is 5.41 Å². The molecule has 1 spiro atoms. The number of anilines is 3. The van der Waals surface area contributed by atoms with Crippen LogP contribution in [0.15, 0.2) is 207 Å². The van der Waals surface area contributed by atoms with Gasteiger partial charge in [0.15, 0.2) is 11.5 Å². The Balaban J connectivity index is 1.06. The Bertz CT molecular complexity index is 4120. The maximum absolute atomic E-state index is 9.98. The van der Waals surface area contributed by atoms with Gasteiger partial charge in [-0.1, -0.05) is 97.1 Å². The van der Waals surface area contributed by atoms with Crippen LogP contribution >= 0.6 is 0 Å². The topological polar surface area (TPSA) is 81.1 Å². The number of nitrogens with zero attached hydrogens (tertiary/aromatic N) is 6. The van der Waals surface area contributed by atoms with Gasteiger partial charge < -0.3 is 23.5 Å². The first-order chi connectivity index (χ1) is 33.7. The van der Waals surface area contributed by atoms with Gasteiger partial charge in [0.05, 0.1) is 85.6 Å². The summed E-state index contributed by atoms with van der Waals surface area (Å²) in [7, 11) is 0. The molecule has 3 aliphatic rings. The van der Waals surface area contributed by atoms with Gasteiger partial charge in [-0.05, 0) is 97.1 Å². The van der Waals surface area contributed by atoms with Gasteiger partial charge in [-0.25, -0.2) is 0 Å². The molecule has 0 amide bonds. The molecule has 8 aromatic carbocycles. The number of ether oxygens (including phenoxy) is 2. The first kappa shape index (κ1) is 36.8. The van der Waals surface area contributed by atoms with Crippen LogP contribution < -0.4 is 14.4 Å². The van der Waals surface area contributed by atoms with Gasteiger partial charge in [-0.3, -0.25) is 9.97 Å². The van der Waals surface area contributed by atoms with Crippen molar-refractivity contribution in [2.75, 3.05) is 4.90 Å². The highest BCUT2D eigenvalue weighted by atomic mass is 16.5. The lowest BCUT2D eigenvalue weighted by molar-refractivity contribution is 0.436. The number of rotatable bonds is 3. The van der Waals surface area contributed by atoms with Crippen LogP contribution in [0.4, 0.5) is 17.1 Å². The highest BCUT2D eigenvalue weighted by molar-refractivity contribution is 6.10. The number of hydrogen-bond donors (Lipinski definition) is 0. The standard InChI is InChI=1S/C60H34N6O2/c61-33-36-25-27-51-43(29-36)42-15-3-7-19-50(42)66(51)39-32-47-59(63-35-39)58-46(31-38(34-62-58)65-48-17-5-1-13-40(48)41-14-2-6-18-49(41)65)60(47)44-16-4-10-22-54(44)67-55-28-26-37(30-45(55)60)64-52-20-8-11-23-56(52)68-57-24-12-9-21-53(57)64/h1-32,34-35H. The van der Waals surface area contributed by atoms with E-state index in [0.717, 1.165) is 118 Å². The fourth-order valence-electron chi connectivity index (χ4n) is 11.5. The molecule has 8 nitrogen and oxygen atoms in total. The van der Waals surface area contributed by atoms with Crippen molar-refractivity contribution in [3.63, 3.8) is 0 Å². The Morgan fingerprint density at radius 1 is 0.397 bits per heavy atom. The van der Waals surface area contributed by atoms with Gasteiger partial charge in [0, 0.05) is 49.5 Å². The lowest BCUT2D eigenvalue weighted by atomic mass is 9.66. The van der Waals surface area contributed by atoms with Crippen LogP contribution in [0.25, 0.3) is 66.4 Å². The molecule has 0 N–H and O–H groups in total. The fraction of sp³-hybridized carbons (Fsp3) is 0.0167. The molecule has 316 valence electrons. The monoisotopic (exact) mass is 870 g/mol. The van der Waals surface area contributed by atoms with Crippen molar-refractivity contribution in [3.8, 4) is 51.8 Å². The number of pyridine rings is 2. The van der Waals surface area contributed by atoms with E-state index in [-0.39, 0.29) is 0 Å². The molecule has 0 bridgehead atoms. The predicted molar refractivity (Wildman–Crippen MR) is 268 cm³/mol. The van der Waals surface area contributed by atoms with Gasteiger partial charge in [-0.2, -0.15) is 5.26 Å². The van der Waals surface area contributed by atoms with E-state index in [1.165, 1.54) is 10.8 Å². The van der Waals surface area contributed by atoms with Crippen LogP contribution in [-0.4, -0.2) is 19.1 Å². The highest BCUT2D eigenvalue weighted by Gasteiger charge is 2.53. The number of benzene rings is 8. The van der Waals surface area contributed by atoms with E-state index in [2.05, 4.69) is 172 Å². The summed E-state index contributed by atoms with van der Waals surface area (Å²) in [4.78, 5) is 13.2. The molecule has 15 rings (SSSR count). The van der Waals surface area contributed by atoms with E-state index in [1.54, 1.807) is 0 Å². The quantitative estimate of drug-likeness (QED) is 0.176. The van der Waals surface area contributed by atoms with E-state index in [0.29, 0.717) is 5.56 Å². The second kappa shape index (κ2) is 13.5. The Morgan fingerprint density at radius 3 is 1.47 bits per heavy atom. The summed E-state index contributed by atoms with van der Waals surface area (Å²) in [6.45, 7) is 0. The molecular weight excluding hydrogens is 837 g/mol. The number of hydrogen-bond acceptors (Lipinski definition) is 6. The second-order valence-electron chi connectivity index (χ2n) is 17.6. The van der Waals surface area contributed by atoms with Crippen molar-refractivity contribution in [2.45, 2.75) is 5.41 Å². The molecule has 2 aliphatic heterocycles. The van der Waals surface area contributed by atoms with Crippen molar-refractivity contribution < 1.29 is 9.47 Å². The summed E-state index contributed by atoms with van der Waals surface area (Å²) in [6, 6.07) is 69.9. The Labute approximate surface area is 389 Å². The lowest BCUT2D eigenvalue weighted by Gasteiger charge is -2.40. The summed E-state index contributed by atoms with van der Waals surface area (Å²) in [5.41, 5.74) is 14.1. The summed E-state index contributed by atoms with van der Waals surface area (Å²) < 4.78 is 18.1. The molecule has 8 heteroatoms. The van der Waals surface area contributed by atoms with E-state index in [1.807, 2.05) is 54.9 Å². The second-order valence-corrected chi connectivity index (χ2v) is 17.6.